The highest BCUT2D eigenvalue weighted by molar-refractivity contribution is 5.79. The van der Waals surface area contributed by atoms with E-state index in [-0.39, 0.29) is 5.41 Å². The van der Waals surface area contributed by atoms with Gasteiger partial charge in [-0.2, -0.15) is 0 Å². The lowest BCUT2D eigenvalue weighted by Gasteiger charge is -2.19. The van der Waals surface area contributed by atoms with E-state index in [1.54, 1.807) is 13.3 Å². The number of rotatable bonds is 5. The van der Waals surface area contributed by atoms with E-state index in [1.807, 2.05) is 42.5 Å². The van der Waals surface area contributed by atoms with Crippen LogP contribution in [0.15, 0.2) is 72.9 Å². The van der Waals surface area contributed by atoms with Gasteiger partial charge in [-0.1, -0.05) is 57.2 Å². The summed E-state index contributed by atoms with van der Waals surface area (Å²) < 4.78 is 11.4. The van der Waals surface area contributed by atoms with E-state index in [9.17, 15) is 0 Å². The van der Waals surface area contributed by atoms with E-state index in [1.165, 1.54) is 5.56 Å². The van der Waals surface area contributed by atoms with Crippen LogP contribution in [0.2, 0.25) is 0 Å². The molecular weight excluding hydrogens is 372 g/mol. The van der Waals surface area contributed by atoms with Gasteiger partial charge in [0.25, 0.3) is 0 Å². The van der Waals surface area contributed by atoms with Crippen LogP contribution in [0.5, 0.6) is 11.5 Å². The van der Waals surface area contributed by atoms with E-state index in [0.29, 0.717) is 6.61 Å². The third-order valence-electron chi connectivity index (χ3n) is 5.13. The van der Waals surface area contributed by atoms with E-state index >= 15 is 0 Å². The Hall–Kier alpha value is -3.40. The van der Waals surface area contributed by atoms with Crippen LogP contribution in [0.3, 0.4) is 0 Å². The van der Waals surface area contributed by atoms with Gasteiger partial charge in [-0.25, -0.2) is 4.98 Å². The van der Waals surface area contributed by atoms with Crippen LogP contribution in [0.25, 0.3) is 22.3 Å². The lowest BCUT2D eigenvalue weighted by atomic mass is 9.87. The Morgan fingerprint density at radius 1 is 0.867 bits per heavy atom. The number of ether oxygens (including phenoxy) is 2. The van der Waals surface area contributed by atoms with Crippen LogP contribution in [0.4, 0.5) is 0 Å². The van der Waals surface area contributed by atoms with Crippen molar-refractivity contribution in [1.29, 1.82) is 0 Å². The van der Waals surface area contributed by atoms with E-state index in [2.05, 4.69) is 50.0 Å². The molecule has 0 N–H and O–H groups in total. The summed E-state index contributed by atoms with van der Waals surface area (Å²) in [4.78, 5) is 9.34. The van der Waals surface area contributed by atoms with Crippen molar-refractivity contribution in [2.75, 3.05) is 7.11 Å². The minimum Gasteiger partial charge on any atom is -0.497 e. The second-order valence-electron chi connectivity index (χ2n) is 8.34. The molecule has 4 heteroatoms. The molecule has 0 aliphatic rings. The molecule has 4 nitrogen and oxygen atoms in total. The summed E-state index contributed by atoms with van der Waals surface area (Å²) >= 11 is 0. The topological polar surface area (TPSA) is 44.2 Å². The van der Waals surface area contributed by atoms with Gasteiger partial charge in [-0.05, 0) is 40.8 Å². The van der Waals surface area contributed by atoms with E-state index in [0.717, 1.165) is 39.4 Å². The molecule has 30 heavy (non-hydrogen) atoms. The molecule has 1 aromatic heterocycles. The number of aromatic nitrogens is 2. The predicted molar refractivity (Wildman–Crippen MR) is 121 cm³/mol. The number of benzene rings is 3. The summed E-state index contributed by atoms with van der Waals surface area (Å²) in [6.07, 6.45) is 1.78. The summed E-state index contributed by atoms with van der Waals surface area (Å²) in [5.74, 6) is 1.56. The lowest BCUT2D eigenvalue weighted by Crippen LogP contribution is -2.10. The average Bonchev–Trinajstić information content (AvgIpc) is 2.77. The van der Waals surface area contributed by atoms with Gasteiger partial charge in [0, 0.05) is 11.6 Å². The molecule has 0 aliphatic carbocycles. The number of para-hydroxylation sites is 1. The average molecular weight is 399 g/mol. The van der Waals surface area contributed by atoms with Gasteiger partial charge >= 0.3 is 0 Å². The Labute approximate surface area is 177 Å². The molecule has 0 bridgehead atoms. The second kappa shape index (κ2) is 8.15. The fraction of sp³-hybridized carbons (Fsp3) is 0.231. The first-order chi connectivity index (χ1) is 14.4. The van der Waals surface area contributed by atoms with Crippen molar-refractivity contribution in [3.63, 3.8) is 0 Å². The molecule has 0 amide bonds. The zero-order valence-electron chi connectivity index (χ0n) is 17.8. The van der Waals surface area contributed by atoms with Gasteiger partial charge in [-0.3, -0.25) is 4.98 Å². The molecule has 0 atom stereocenters. The summed E-state index contributed by atoms with van der Waals surface area (Å²) in [6.45, 7) is 7.15. The quantitative estimate of drug-likeness (QED) is 0.402. The molecule has 0 saturated heterocycles. The number of fused-ring (bicyclic) bond motifs is 1. The molecule has 0 radical (unpaired) electrons. The van der Waals surface area contributed by atoms with Crippen LogP contribution in [0, 0.1) is 0 Å². The molecule has 0 fully saturated rings. The van der Waals surface area contributed by atoms with Gasteiger partial charge in [-0.15, -0.1) is 0 Å². The second-order valence-corrected chi connectivity index (χ2v) is 8.34. The minimum atomic E-state index is 0.144. The Balaban J connectivity index is 1.57. The highest BCUT2D eigenvalue weighted by atomic mass is 16.5. The lowest BCUT2D eigenvalue weighted by molar-refractivity contribution is 0.307. The summed E-state index contributed by atoms with van der Waals surface area (Å²) in [7, 11) is 1.65. The van der Waals surface area contributed by atoms with Gasteiger partial charge in [0.15, 0.2) is 0 Å². The van der Waals surface area contributed by atoms with Gasteiger partial charge in [0.1, 0.15) is 18.1 Å². The van der Waals surface area contributed by atoms with Crippen molar-refractivity contribution < 1.29 is 9.47 Å². The minimum absolute atomic E-state index is 0.144. The van der Waals surface area contributed by atoms with Gasteiger partial charge < -0.3 is 9.47 Å². The first-order valence-electron chi connectivity index (χ1n) is 10.1. The molecule has 0 spiro atoms. The highest BCUT2D eigenvalue weighted by Crippen LogP contribution is 2.30. The van der Waals surface area contributed by atoms with E-state index < -0.39 is 0 Å². The van der Waals surface area contributed by atoms with Gasteiger partial charge in [0.2, 0.25) is 0 Å². The monoisotopic (exact) mass is 398 g/mol. The number of hydrogen-bond donors (Lipinski definition) is 0. The number of nitrogens with zero attached hydrogens (tertiary/aromatic N) is 2. The van der Waals surface area contributed by atoms with Crippen LogP contribution < -0.4 is 9.47 Å². The molecule has 1 heterocycles. The molecular formula is C26H26N2O2. The Bertz CT molecular complexity index is 1160. The maximum absolute atomic E-state index is 6.16. The summed E-state index contributed by atoms with van der Waals surface area (Å²) in [5, 5.41) is 0. The van der Waals surface area contributed by atoms with E-state index in [4.69, 9.17) is 14.5 Å². The van der Waals surface area contributed by atoms with Crippen molar-refractivity contribution in [2.24, 2.45) is 0 Å². The zero-order valence-corrected chi connectivity index (χ0v) is 17.8. The van der Waals surface area contributed by atoms with Crippen LogP contribution >= 0.6 is 0 Å². The van der Waals surface area contributed by atoms with Crippen molar-refractivity contribution in [3.05, 3.63) is 84.1 Å². The first-order valence-corrected chi connectivity index (χ1v) is 10.1. The molecule has 4 rings (SSSR count). The molecule has 152 valence electrons. The molecule has 4 aromatic rings. The molecule has 0 unspecified atom stereocenters. The van der Waals surface area contributed by atoms with Crippen LogP contribution in [-0.2, 0) is 12.0 Å². The number of hydrogen-bond acceptors (Lipinski definition) is 4. The Morgan fingerprint density at radius 3 is 2.37 bits per heavy atom. The van der Waals surface area contributed by atoms with Crippen molar-refractivity contribution >= 4 is 11.0 Å². The van der Waals surface area contributed by atoms with Crippen molar-refractivity contribution in [1.82, 2.24) is 9.97 Å². The van der Waals surface area contributed by atoms with Crippen LogP contribution in [0.1, 0.15) is 31.9 Å². The third kappa shape index (κ3) is 4.28. The van der Waals surface area contributed by atoms with Crippen molar-refractivity contribution in [2.45, 2.75) is 32.8 Å². The SMILES string of the molecule is COc1ccc2nc(-c3ccccc3OCc3ccc(C(C)(C)C)cc3)cnc2c1. The predicted octanol–water partition coefficient (Wildman–Crippen LogP) is 6.18. The largest absolute Gasteiger partial charge is 0.497 e. The Morgan fingerprint density at radius 2 is 1.63 bits per heavy atom. The smallest absolute Gasteiger partial charge is 0.129 e. The fourth-order valence-corrected chi connectivity index (χ4v) is 3.31. The fourth-order valence-electron chi connectivity index (χ4n) is 3.31. The maximum atomic E-state index is 6.16. The Kier molecular flexibility index (Phi) is 5.40. The summed E-state index contributed by atoms with van der Waals surface area (Å²) in [5.41, 5.74) is 5.92. The normalized spacial score (nSPS) is 11.5. The standard InChI is InChI=1S/C26H26N2O2/c1-26(2,3)19-11-9-18(10-12-19)17-30-25-8-6-5-7-21(25)24-16-27-23-15-20(29-4)13-14-22(23)28-24/h5-16H,17H2,1-4H3. The molecule has 3 aromatic carbocycles. The van der Waals surface area contributed by atoms with Crippen LogP contribution in [-0.4, -0.2) is 17.1 Å². The molecule has 0 aliphatic heterocycles. The molecule has 0 saturated carbocycles. The van der Waals surface area contributed by atoms with Crippen molar-refractivity contribution in [3.8, 4) is 22.8 Å². The third-order valence-corrected chi connectivity index (χ3v) is 5.13. The number of methoxy groups -OCH3 is 1. The first kappa shape index (κ1) is 19.9. The zero-order chi connectivity index (χ0) is 21.1. The van der Waals surface area contributed by atoms with Gasteiger partial charge in [0.05, 0.1) is 30.0 Å². The summed E-state index contributed by atoms with van der Waals surface area (Å²) in [6, 6.07) is 22.3. The maximum Gasteiger partial charge on any atom is 0.129 e. The highest BCUT2D eigenvalue weighted by Gasteiger charge is 2.13.